The summed E-state index contributed by atoms with van der Waals surface area (Å²) >= 11 is 1.24. The fourth-order valence-corrected chi connectivity index (χ4v) is 2.47. The summed E-state index contributed by atoms with van der Waals surface area (Å²) in [6, 6.07) is 13.9. The number of nitrogens with zero attached hydrogens (tertiary/aromatic N) is 1. The van der Waals surface area contributed by atoms with Crippen LogP contribution in [0.25, 0.3) is 0 Å². The molecule has 0 saturated heterocycles. The van der Waals surface area contributed by atoms with Crippen LogP contribution in [0, 0.1) is 0 Å². The smallest absolute Gasteiger partial charge is 0.413 e. The van der Waals surface area contributed by atoms with Crippen molar-refractivity contribution in [3.8, 4) is 0 Å². The highest BCUT2D eigenvalue weighted by Gasteiger charge is 2.12. The largest absolute Gasteiger partial charge is 0.449 e. The number of rotatable bonds is 5. The van der Waals surface area contributed by atoms with E-state index >= 15 is 0 Å². The van der Waals surface area contributed by atoms with Gasteiger partial charge in [-0.2, -0.15) is 0 Å². The Hall–Kier alpha value is -2.80. The van der Waals surface area contributed by atoms with Gasteiger partial charge in [0.15, 0.2) is 11.0 Å². The van der Waals surface area contributed by atoms with Gasteiger partial charge in [-0.3, -0.25) is 10.1 Å². The van der Waals surface area contributed by atoms with Crippen molar-refractivity contribution < 1.29 is 14.3 Å². The van der Waals surface area contributed by atoms with Crippen LogP contribution < -0.4 is 11.1 Å². The lowest BCUT2D eigenvalue weighted by Crippen LogP contribution is -2.29. The number of thioether (sulfide) groups is 1. The van der Waals surface area contributed by atoms with Crippen LogP contribution in [0.1, 0.15) is 29.3 Å². The molecule has 136 valence electrons. The van der Waals surface area contributed by atoms with Crippen molar-refractivity contribution in [2.45, 2.75) is 13.3 Å². The van der Waals surface area contributed by atoms with E-state index in [0.717, 1.165) is 6.42 Å². The molecule has 0 radical (unpaired) electrons. The molecule has 0 bridgehead atoms. The highest BCUT2D eigenvalue weighted by Crippen LogP contribution is 2.25. The number of anilines is 1. The number of nitrogens with two attached hydrogens (primary N) is 1. The van der Waals surface area contributed by atoms with Crippen LogP contribution in [0.15, 0.2) is 53.5 Å². The maximum atomic E-state index is 12.6. The standard InChI is InChI=1S/C19H21N3O3S/c1-3-11-25-19(24)22-18(26-2)21-16-12-14(9-10-15(16)20)17(23)13-7-5-4-6-8-13/h4-10,12H,3,11,20H2,1-2H3,(H,21,22,24). The Morgan fingerprint density at radius 1 is 1.15 bits per heavy atom. The fraction of sp³-hybridized carbons (Fsp3) is 0.211. The van der Waals surface area contributed by atoms with Crippen molar-refractivity contribution in [3.05, 3.63) is 59.7 Å². The maximum Gasteiger partial charge on any atom is 0.413 e. The van der Waals surface area contributed by atoms with E-state index in [2.05, 4.69) is 10.3 Å². The average Bonchev–Trinajstić information content (AvgIpc) is 2.67. The van der Waals surface area contributed by atoms with Crippen molar-refractivity contribution in [3.63, 3.8) is 0 Å². The Kier molecular flexibility index (Phi) is 7.23. The number of hydrogen-bond acceptors (Lipinski definition) is 6. The molecule has 0 unspecified atom stereocenters. The summed E-state index contributed by atoms with van der Waals surface area (Å²) in [6.45, 7) is 2.24. The zero-order chi connectivity index (χ0) is 18.9. The first-order chi connectivity index (χ1) is 12.5. The Balaban J connectivity index is 2.25. The molecule has 2 aromatic carbocycles. The van der Waals surface area contributed by atoms with Gasteiger partial charge >= 0.3 is 6.09 Å². The van der Waals surface area contributed by atoms with Crippen LogP contribution >= 0.6 is 11.8 Å². The summed E-state index contributed by atoms with van der Waals surface area (Å²) in [5.41, 5.74) is 7.84. The van der Waals surface area contributed by atoms with E-state index in [1.54, 1.807) is 48.7 Å². The summed E-state index contributed by atoms with van der Waals surface area (Å²) in [5.74, 6) is -0.122. The number of carbonyl (C=O) groups excluding carboxylic acids is 2. The van der Waals surface area contributed by atoms with Crippen LogP contribution in [-0.2, 0) is 4.74 Å². The molecule has 0 spiro atoms. The quantitative estimate of drug-likeness (QED) is 0.359. The first kappa shape index (κ1) is 19.5. The predicted octanol–water partition coefficient (Wildman–Crippen LogP) is 3.99. The molecular formula is C19H21N3O3S. The van der Waals surface area contributed by atoms with E-state index in [1.807, 2.05) is 13.0 Å². The Morgan fingerprint density at radius 3 is 2.54 bits per heavy atom. The van der Waals surface area contributed by atoms with Gasteiger partial charge in [0.2, 0.25) is 0 Å². The molecule has 1 amide bonds. The summed E-state index contributed by atoms with van der Waals surface area (Å²) in [4.78, 5) is 28.6. The number of amides is 1. The maximum absolute atomic E-state index is 12.6. The van der Waals surface area contributed by atoms with E-state index in [4.69, 9.17) is 10.5 Å². The van der Waals surface area contributed by atoms with Gasteiger partial charge in [0.1, 0.15) is 0 Å². The average molecular weight is 371 g/mol. The topological polar surface area (TPSA) is 93.8 Å². The van der Waals surface area contributed by atoms with Gasteiger partial charge < -0.3 is 10.5 Å². The first-order valence-corrected chi connectivity index (χ1v) is 9.33. The molecule has 2 rings (SSSR count). The number of amidine groups is 1. The van der Waals surface area contributed by atoms with Crippen LogP contribution in [0.2, 0.25) is 0 Å². The highest BCUT2D eigenvalue weighted by atomic mass is 32.2. The van der Waals surface area contributed by atoms with Gasteiger partial charge in [0, 0.05) is 11.1 Å². The van der Waals surface area contributed by atoms with E-state index in [9.17, 15) is 9.59 Å². The van der Waals surface area contributed by atoms with Crippen LogP contribution in [0.3, 0.4) is 0 Å². The number of carbonyl (C=O) groups is 2. The van der Waals surface area contributed by atoms with Crippen molar-refractivity contribution in [1.82, 2.24) is 5.32 Å². The van der Waals surface area contributed by atoms with E-state index in [0.29, 0.717) is 34.3 Å². The van der Waals surface area contributed by atoms with Crippen LogP contribution in [0.4, 0.5) is 16.2 Å². The summed E-state index contributed by atoms with van der Waals surface area (Å²) in [7, 11) is 0. The Bertz CT molecular complexity index is 807. The van der Waals surface area contributed by atoms with E-state index in [1.165, 1.54) is 11.8 Å². The number of hydrogen-bond donors (Lipinski definition) is 2. The zero-order valence-corrected chi connectivity index (χ0v) is 15.5. The van der Waals surface area contributed by atoms with Gasteiger partial charge in [0.25, 0.3) is 0 Å². The minimum Gasteiger partial charge on any atom is -0.449 e. The number of aliphatic imine (C=N–C) groups is 1. The van der Waals surface area contributed by atoms with E-state index in [-0.39, 0.29) is 5.78 Å². The minimum absolute atomic E-state index is 0.122. The van der Waals surface area contributed by atoms with Crippen molar-refractivity contribution in [2.24, 2.45) is 4.99 Å². The summed E-state index contributed by atoms with van der Waals surface area (Å²) in [5, 5.41) is 2.90. The monoisotopic (exact) mass is 371 g/mol. The predicted molar refractivity (Wildman–Crippen MR) is 106 cm³/mol. The zero-order valence-electron chi connectivity index (χ0n) is 14.7. The molecule has 0 atom stereocenters. The molecule has 0 aliphatic carbocycles. The third-order valence-electron chi connectivity index (χ3n) is 3.39. The van der Waals surface area contributed by atoms with Crippen LogP contribution in [0.5, 0.6) is 0 Å². The van der Waals surface area contributed by atoms with Crippen molar-refractivity contribution in [1.29, 1.82) is 0 Å². The van der Waals surface area contributed by atoms with Gasteiger partial charge in [-0.15, -0.1) is 0 Å². The third kappa shape index (κ3) is 5.35. The number of ketones is 1. The molecule has 2 aromatic rings. The molecule has 0 heterocycles. The lowest BCUT2D eigenvalue weighted by atomic mass is 10.0. The summed E-state index contributed by atoms with van der Waals surface area (Å²) < 4.78 is 4.98. The molecular weight excluding hydrogens is 350 g/mol. The second-order valence-electron chi connectivity index (χ2n) is 5.35. The third-order valence-corrected chi connectivity index (χ3v) is 3.97. The second kappa shape index (κ2) is 9.62. The Labute approximate surface area is 156 Å². The summed E-state index contributed by atoms with van der Waals surface area (Å²) in [6.07, 6.45) is 1.93. The molecule has 0 saturated carbocycles. The normalized spacial score (nSPS) is 11.1. The molecule has 6 nitrogen and oxygen atoms in total. The van der Waals surface area contributed by atoms with E-state index < -0.39 is 6.09 Å². The molecule has 0 aromatic heterocycles. The van der Waals surface area contributed by atoms with Crippen molar-refractivity contribution in [2.75, 3.05) is 18.6 Å². The number of alkyl carbamates (subject to hydrolysis) is 1. The Morgan fingerprint density at radius 2 is 1.88 bits per heavy atom. The van der Waals surface area contributed by atoms with Gasteiger partial charge in [0.05, 0.1) is 18.0 Å². The minimum atomic E-state index is -0.574. The first-order valence-electron chi connectivity index (χ1n) is 8.11. The highest BCUT2D eigenvalue weighted by molar-refractivity contribution is 8.13. The molecule has 3 N–H and O–H groups in total. The van der Waals surface area contributed by atoms with Crippen molar-refractivity contribution >= 4 is 40.2 Å². The lowest BCUT2D eigenvalue weighted by Gasteiger charge is -2.09. The molecule has 0 aliphatic heterocycles. The number of nitrogen functional groups attached to an aromatic ring is 1. The second-order valence-corrected chi connectivity index (χ2v) is 6.15. The van der Waals surface area contributed by atoms with Gasteiger partial charge in [-0.25, -0.2) is 9.79 Å². The fourth-order valence-electron chi connectivity index (χ4n) is 2.09. The van der Waals surface area contributed by atoms with Gasteiger partial charge in [-0.05, 0) is 30.9 Å². The molecule has 7 heteroatoms. The number of nitrogens with one attached hydrogen (secondary N) is 1. The van der Waals surface area contributed by atoms with Crippen LogP contribution in [-0.4, -0.2) is 29.9 Å². The number of benzene rings is 2. The van der Waals surface area contributed by atoms with Gasteiger partial charge in [-0.1, -0.05) is 49.0 Å². The SMILES string of the molecule is CCCOC(=O)NC(=Nc1cc(C(=O)c2ccccc2)ccc1N)SC. The lowest BCUT2D eigenvalue weighted by molar-refractivity contribution is 0.103. The molecule has 0 aliphatic rings. The number of ether oxygens (including phenoxy) is 1. The molecule has 26 heavy (non-hydrogen) atoms. The molecule has 0 fully saturated rings.